The van der Waals surface area contributed by atoms with Gasteiger partial charge >= 0.3 is 0 Å². The average molecular weight is 329 g/mol. The maximum Gasteiger partial charge on any atom is 0.193 e. The van der Waals surface area contributed by atoms with Crippen LogP contribution in [-0.4, -0.2) is 49.1 Å². The molecule has 132 valence electrons. The Kier molecular flexibility index (Phi) is 5.94. The molecule has 2 aliphatic rings. The minimum Gasteiger partial charge on any atom is -0.357 e. The van der Waals surface area contributed by atoms with Gasteiger partial charge in [-0.05, 0) is 55.7 Å². The van der Waals surface area contributed by atoms with Crippen LogP contribution in [0.2, 0.25) is 0 Å². The first kappa shape index (κ1) is 17.1. The van der Waals surface area contributed by atoms with E-state index in [-0.39, 0.29) is 0 Å². The number of aromatic nitrogens is 1. The first-order chi connectivity index (χ1) is 11.8. The Morgan fingerprint density at radius 3 is 2.67 bits per heavy atom. The third-order valence-corrected chi connectivity index (χ3v) is 5.24. The predicted octanol–water partition coefficient (Wildman–Crippen LogP) is 2.88. The fraction of sp³-hybridized carbons (Fsp3) is 0.684. The van der Waals surface area contributed by atoms with Gasteiger partial charge in [-0.25, -0.2) is 4.98 Å². The van der Waals surface area contributed by atoms with Gasteiger partial charge in [0.2, 0.25) is 0 Å². The van der Waals surface area contributed by atoms with Gasteiger partial charge in [0, 0.05) is 46.0 Å². The van der Waals surface area contributed by atoms with Crippen LogP contribution in [0.25, 0.3) is 0 Å². The third kappa shape index (κ3) is 4.40. The molecule has 0 unspecified atom stereocenters. The molecule has 3 rings (SSSR count). The van der Waals surface area contributed by atoms with E-state index in [1.807, 2.05) is 13.2 Å². The van der Waals surface area contributed by atoms with Crippen LogP contribution in [0.1, 0.15) is 44.6 Å². The maximum atomic E-state index is 4.57. The van der Waals surface area contributed by atoms with Crippen molar-refractivity contribution in [2.24, 2.45) is 10.9 Å². The van der Waals surface area contributed by atoms with Gasteiger partial charge in [-0.2, -0.15) is 0 Å². The largest absolute Gasteiger partial charge is 0.357 e. The van der Waals surface area contributed by atoms with Crippen molar-refractivity contribution in [3.05, 3.63) is 23.9 Å². The van der Waals surface area contributed by atoms with Crippen molar-refractivity contribution >= 4 is 11.8 Å². The molecule has 0 atom stereocenters. The van der Waals surface area contributed by atoms with Gasteiger partial charge in [0.05, 0.1) is 0 Å². The van der Waals surface area contributed by atoms with Crippen LogP contribution in [0, 0.1) is 5.92 Å². The third-order valence-electron chi connectivity index (χ3n) is 5.24. The molecule has 0 spiro atoms. The molecule has 0 bridgehead atoms. The lowest BCUT2D eigenvalue weighted by Crippen LogP contribution is -2.45. The molecule has 0 aliphatic carbocycles. The molecule has 0 aromatic carbocycles. The molecule has 0 amide bonds. The van der Waals surface area contributed by atoms with E-state index in [1.54, 1.807) is 0 Å². The molecule has 3 heterocycles. The second-order valence-electron chi connectivity index (χ2n) is 7.14. The van der Waals surface area contributed by atoms with Crippen LogP contribution in [0.5, 0.6) is 0 Å². The highest BCUT2D eigenvalue weighted by Crippen LogP contribution is 2.19. The maximum absolute atomic E-state index is 4.57. The summed E-state index contributed by atoms with van der Waals surface area (Å²) in [6, 6.07) is 4.33. The van der Waals surface area contributed by atoms with Gasteiger partial charge in [-0.3, -0.25) is 4.99 Å². The van der Waals surface area contributed by atoms with Crippen molar-refractivity contribution in [3.63, 3.8) is 0 Å². The van der Waals surface area contributed by atoms with Crippen LogP contribution < -0.4 is 10.2 Å². The number of hydrogen-bond donors (Lipinski definition) is 1. The minimum absolute atomic E-state index is 0.808. The van der Waals surface area contributed by atoms with Gasteiger partial charge < -0.3 is 15.1 Å². The summed E-state index contributed by atoms with van der Waals surface area (Å²) in [6.07, 6.45) is 8.37. The van der Waals surface area contributed by atoms with E-state index in [4.69, 9.17) is 0 Å². The number of likely N-dealkylation sites (tertiary alicyclic amines) is 1. The zero-order valence-corrected chi connectivity index (χ0v) is 15.2. The first-order valence-corrected chi connectivity index (χ1v) is 9.42. The van der Waals surface area contributed by atoms with Crippen LogP contribution in [0.3, 0.4) is 0 Å². The summed E-state index contributed by atoms with van der Waals surface area (Å²) in [5, 5.41) is 3.53. The summed E-state index contributed by atoms with van der Waals surface area (Å²) in [6.45, 7) is 7.64. The molecule has 2 saturated heterocycles. The molecule has 1 aromatic rings. The van der Waals surface area contributed by atoms with E-state index < -0.39 is 0 Å². The van der Waals surface area contributed by atoms with E-state index in [9.17, 15) is 0 Å². The van der Waals surface area contributed by atoms with E-state index in [1.165, 1.54) is 37.7 Å². The lowest BCUT2D eigenvalue weighted by Gasteiger charge is -2.33. The van der Waals surface area contributed by atoms with Gasteiger partial charge in [0.1, 0.15) is 5.82 Å². The van der Waals surface area contributed by atoms with Crippen molar-refractivity contribution in [2.75, 3.05) is 38.1 Å². The molecule has 1 N–H and O–H groups in total. The minimum atomic E-state index is 0.808. The van der Waals surface area contributed by atoms with Gasteiger partial charge in [-0.15, -0.1) is 0 Å². The number of aliphatic imine (C=N–C) groups is 1. The molecule has 2 fully saturated rings. The van der Waals surface area contributed by atoms with Crippen LogP contribution >= 0.6 is 0 Å². The average Bonchev–Trinajstić information content (AvgIpc) is 2.64. The fourth-order valence-corrected chi connectivity index (χ4v) is 3.60. The van der Waals surface area contributed by atoms with Gasteiger partial charge in [-0.1, -0.05) is 6.92 Å². The number of piperidine rings is 2. The number of nitrogens with one attached hydrogen (secondary N) is 1. The van der Waals surface area contributed by atoms with Crippen LogP contribution in [0.15, 0.2) is 23.3 Å². The Labute approximate surface area is 146 Å². The monoisotopic (exact) mass is 329 g/mol. The van der Waals surface area contributed by atoms with Crippen molar-refractivity contribution in [2.45, 2.75) is 45.6 Å². The number of hydrogen-bond acceptors (Lipinski definition) is 3. The Hall–Kier alpha value is -1.78. The summed E-state index contributed by atoms with van der Waals surface area (Å²) in [4.78, 5) is 13.8. The van der Waals surface area contributed by atoms with Crippen molar-refractivity contribution in [1.82, 2.24) is 15.2 Å². The SMILES string of the molecule is CN=C(NCc1ccnc(N2CCCCC2)c1)N1CCC(C)CC1. The van der Waals surface area contributed by atoms with Gasteiger partial charge in [0.15, 0.2) is 5.96 Å². The van der Waals surface area contributed by atoms with E-state index >= 15 is 0 Å². The first-order valence-electron chi connectivity index (χ1n) is 9.42. The number of pyridine rings is 1. The second-order valence-corrected chi connectivity index (χ2v) is 7.14. The summed E-state index contributed by atoms with van der Waals surface area (Å²) >= 11 is 0. The van der Waals surface area contributed by atoms with Gasteiger partial charge in [0.25, 0.3) is 0 Å². The Balaban J connectivity index is 1.57. The Bertz CT molecular complexity index is 542. The highest BCUT2D eigenvalue weighted by atomic mass is 15.3. The van der Waals surface area contributed by atoms with E-state index in [0.717, 1.165) is 50.4 Å². The zero-order chi connectivity index (χ0) is 16.8. The molecule has 24 heavy (non-hydrogen) atoms. The molecule has 1 aromatic heterocycles. The molecule has 2 aliphatic heterocycles. The predicted molar refractivity (Wildman–Crippen MR) is 100 cm³/mol. The van der Waals surface area contributed by atoms with Crippen molar-refractivity contribution < 1.29 is 0 Å². The zero-order valence-electron chi connectivity index (χ0n) is 15.2. The summed E-state index contributed by atoms with van der Waals surface area (Å²) in [7, 11) is 1.88. The lowest BCUT2D eigenvalue weighted by atomic mass is 10.00. The molecular weight excluding hydrogens is 298 g/mol. The number of guanidine groups is 1. The smallest absolute Gasteiger partial charge is 0.193 e. The summed E-state index contributed by atoms with van der Waals surface area (Å²) < 4.78 is 0. The fourth-order valence-electron chi connectivity index (χ4n) is 3.60. The van der Waals surface area contributed by atoms with Crippen molar-refractivity contribution in [1.29, 1.82) is 0 Å². The summed E-state index contributed by atoms with van der Waals surface area (Å²) in [5.74, 6) is 2.99. The molecular formula is C19H31N5. The number of anilines is 1. The molecule has 5 heteroatoms. The molecule has 0 saturated carbocycles. The number of nitrogens with zero attached hydrogens (tertiary/aromatic N) is 4. The normalized spacial score (nSPS) is 20.3. The quantitative estimate of drug-likeness (QED) is 0.684. The Morgan fingerprint density at radius 1 is 1.21 bits per heavy atom. The second kappa shape index (κ2) is 8.36. The summed E-state index contributed by atoms with van der Waals surface area (Å²) in [5.41, 5.74) is 1.28. The van der Waals surface area contributed by atoms with E-state index in [0.29, 0.717) is 0 Å². The van der Waals surface area contributed by atoms with Crippen LogP contribution in [-0.2, 0) is 6.54 Å². The van der Waals surface area contributed by atoms with E-state index in [2.05, 4.69) is 44.1 Å². The number of rotatable bonds is 3. The highest BCUT2D eigenvalue weighted by Gasteiger charge is 2.18. The van der Waals surface area contributed by atoms with Crippen LogP contribution in [0.4, 0.5) is 5.82 Å². The standard InChI is InChI=1S/C19H31N5/c1-16-7-12-24(13-8-16)19(20-2)22-15-17-6-9-21-18(14-17)23-10-4-3-5-11-23/h6,9,14,16H,3-5,7-8,10-13,15H2,1-2H3,(H,20,22). The molecule has 5 nitrogen and oxygen atoms in total. The lowest BCUT2D eigenvalue weighted by molar-refractivity contribution is 0.273. The highest BCUT2D eigenvalue weighted by molar-refractivity contribution is 5.80. The topological polar surface area (TPSA) is 43.8 Å². The van der Waals surface area contributed by atoms with Crippen molar-refractivity contribution in [3.8, 4) is 0 Å². The molecule has 0 radical (unpaired) electrons. The Morgan fingerprint density at radius 2 is 1.96 bits per heavy atom.